The van der Waals surface area contributed by atoms with Crippen molar-refractivity contribution in [3.8, 4) is 11.5 Å². The number of hydrogen-bond donors (Lipinski definition) is 6. The van der Waals surface area contributed by atoms with Gasteiger partial charge in [-0.3, -0.25) is 4.79 Å². The van der Waals surface area contributed by atoms with Gasteiger partial charge >= 0.3 is 5.97 Å². The van der Waals surface area contributed by atoms with Crippen LogP contribution in [0, 0.1) is 0 Å². The Bertz CT molecular complexity index is 559. The molecule has 0 aliphatic carbocycles. The second kappa shape index (κ2) is 7.11. The normalized spacial score (nSPS) is 30.9. The van der Waals surface area contributed by atoms with Gasteiger partial charge in [-0.05, 0) is 6.07 Å². The zero-order valence-electron chi connectivity index (χ0n) is 11.9. The number of carbonyl (C=O) groups is 1. The molecule has 0 saturated carbocycles. The number of carboxylic acid groups (broad SMARTS) is 1. The molecule has 0 unspecified atom stereocenters. The van der Waals surface area contributed by atoms with Crippen molar-refractivity contribution in [3.05, 3.63) is 23.8 Å². The van der Waals surface area contributed by atoms with Crippen molar-refractivity contribution in [1.29, 1.82) is 0 Å². The summed E-state index contributed by atoms with van der Waals surface area (Å²) in [4.78, 5) is 10.9. The number of phenols is 1. The number of carboxylic acids is 1. The van der Waals surface area contributed by atoms with E-state index >= 15 is 0 Å². The number of benzene rings is 1. The molecule has 9 nitrogen and oxygen atoms in total. The van der Waals surface area contributed by atoms with Gasteiger partial charge in [-0.15, -0.1) is 0 Å². The molecule has 5 atom stereocenters. The average Bonchev–Trinajstić information content (AvgIpc) is 2.50. The maximum Gasteiger partial charge on any atom is 0.307 e. The maximum absolute atomic E-state index is 10.9. The minimum Gasteiger partial charge on any atom is -0.508 e. The molecule has 1 aromatic carbocycles. The first-order valence-corrected chi connectivity index (χ1v) is 6.84. The van der Waals surface area contributed by atoms with Gasteiger partial charge in [0, 0.05) is 11.6 Å². The van der Waals surface area contributed by atoms with E-state index in [1.807, 2.05) is 0 Å². The van der Waals surface area contributed by atoms with E-state index in [9.17, 15) is 25.2 Å². The summed E-state index contributed by atoms with van der Waals surface area (Å²) in [6.07, 6.45) is -7.79. The topological polar surface area (TPSA) is 157 Å². The fourth-order valence-electron chi connectivity index (χ4n) is 2.25. The highest BCUT2D eigenvalue weighted by Crippen LogP contribution is 2.29. The van der Waals surface area contributed by atoms with E-state index in [2.05, 4.69) is 0 Å². The largest absolute Gasteiger partial charge is 0.508 e. The first-order valence-electron chi connectivity index (χ1n) is 6.84. The van der Waals surface area contributed by atoms with E-state index < -0.39 is 49.7 Å². The summed E-state index contributed by atoms with van der Waals surface area (Å²) in [6, 6.07) is 3.75. The van der Waals surface area contributed by atoms with Crippen molar-refractivity contribution in [3.63, 3.8) is 0 Å². The van der Waals surface area contributed by atoms with E-state index in [-0.39, 0.29) is 17.1 Å². The van der Waals surface area contributed by atoms with Crippen molar-refractivity contribution in [2.75, 3.05) is 6.61 Å². The average molecular weight is 330 g/mol. The molecule has 0 amide bonds. The molecular weight excluding hydrogens is 312 g/mol. The number of aliphatic hydroxyl groups excluding tert-OH is 4. The van der Waals surface area contributed by atoms with Crippen LogP contribution in [0.3, 0.4) is 0 Å². The van der Waals surface area contributed by atoms with Crippen molar-refractivity contribution >= 4 is 5.97 Å². The lowest BCUT2D eigenvalue weighted by atomic mass is 9.99. The lowest BCUT2D eigenvalue weighted by Gasteiger charge is -2.39. The predicted octanol–water partition coefficient (Wildman–Crippen LogP) is -1.80. The van der Waals surface area contributed by atoms with Gasteiger partial charge in [0.1, 0.15) is 35.9 Å². The Morgan fingerprint density at radius 1 is 1.17 bits per heavy atom. The minimum atomic E-state index is -1.63. The molecule has 6 N–H and O–H groups in total. The second-order valence-corrected chi connectivity index (χ2v) is 5.18. The van der Waals surface area contributed by atoms with Crippen molar-refractivity contribution in [1.82, 2.24) is 0 Å². The van der Waals surface area contributed by atoms with Crippen molar-refractivity contribution in [2.24, 2.45) is 0 Å². The van der Waals surface area contributed by atoms with Crippen LogP contribution in [-0.4, -0.2) is 73.9 Å². The lowest BCUT2D eigenvalue weighted by Crippen LogP contribution is -2.60. The molecular formula is C14H18O9. The van der Waals surface area contributed by atoms with Crippen LogP contribution in [0.2, 0.25) is 0 Å². The van der Waals surface area contributed by atoms with Gasteiger partial charge in [0.2, 0.25) is 6.29 Å². The van der Waals surface area contributed by atoms with Gasteiger partial charge in [-0.25, -0.2) is 0 Å². The molecule has 1 fully saturated rings. The standard InChI is InChI=1S/C14H18O9/c15-5-9-11(19)12(20)13(21)14(23-9)22-8-4-7(16)2-1-6(8)3-10(17)18/h1-2,4,9,11-16,19-21H,3,5H2,(H,17,18)/t9-,11-,12+,13-,14-/m0/s1. The summed E-state index contributed by atoms with van der Waals surface area (Å²) >= 11 is 0. The number of hydrogen-bond acceptors (Lipinski definition) is 8. The summed E-state index contributed by atoms with van der Waals surface area (Å²) in [7, 11) is 0. The molecule has 0 aromatic heterocycles. The molecule has 1 aliphatic heterocycles. The van der Waals surface area contributed by atoms with Crippen LogP contribution in [0.5, 0.6) is 11.5 Å². The monoisotopic (exact) mass is 330 g/mol. The molecule has 1 saturated heterocycles. The zero-order valence-corrected chi connectivity index (χ0v) is 11.9. The number of aromatic hydroxyl groups is 1. The Balaban J connectivity index is 2.23. The van der Waals surface area contributed by atoms with Crippen molar-refractivity contribution in [2.45, 2.75) is 37.1 Å². The fraction of sp³-hybridized carbons (Fsp3) is 0.500. The number of aliphatic carboxylic acids is 1. The van der Waals surface area contributed by atoms with Gasteiger partial charge < -0.3 is 40.1 Å². The third kappa shape index (κ3) is 3.89. The van der Waals surface area contributed by atoms with E-state index in [1.165, 1.54) is 12.1 Å². The third-order valence-electron chi connectivity index (χ3n) is 3.48. The number of ether oxygens (including phenoxy) is 2. The first kappa shape index (κ1) is 17.4. The zero-order chi connectivity index (χ0) is 17.1. The SMILES string of the molecule is O=C(O)Cc1ccc(O)cc1O[C@H]1O[C@@H](CO)[C@H](O)[C@@H](O)[C@@H]1O. The van der Waals surface area contributed by atoms with Gasteiger partial charge in [-0.2, -0.15) is 0 Å². The summed E-state index contributed by atoms with van der Waals surface area (Å²) in [6.45, 7) is -0.618. The van der Waals surface area contributed by atoms with Crippen LogP contribution in [0.1, 0.15) is 5.56 Å². The van der Waals surface area contributed by atoms with Crippen molar-refractivity contribution < 1.29 is 44.9 Å². The molecule has 1 aromatic rings. The Morgan fingerprint density at radius 2 is 1.87 bits per heavy atom. The molecule has 128 valence electrons. The van der Waals surface area contributed by atoms with Crippen LogP contribution >= 0.6 is 0 Å². The fourth-order valence-corrected chi connectivity index (χ4v) is 2.25. The Hall–Kier alpha value is -1.91. The smallest absolute Gasteiger partial charge is 0.307 e. The molecule has 1 aliphatic rings. The Labute approximate surface area is 130 Å². The number of phenolic OH excluding ortho intramolecular Hbond substituents is 1. The summed E-state index contributed by atoms with van der Waals surface area (Å²) in [5.41, 5.74) is 0.215. The van der Waals surface area contributed by atoms with Crippen LogP contribution in [0.25, 0.3) is 0 Å². The molecule has 9 heteroatoms. The maximum atomic E-state index is 10.9. The highest BCUT2D eigenvalue weighted by Gasteiger charge is 2.44. The van der Waals surface area contributed by atoms with Gasteiger partial charge in [0.05, 0.1) is 13.0 Å². The molecule has 0 bridgehead atoms. The Kier molecular flexibility index (Phi) is 5.39. The molecule has 2 rings (SSSR count). The summed E-state index contributed by atoms with van der Waals surface area (Å²) in [5.74, 6) is -1.38. The van der Waals surface area contributed by atoms with Crippen LogP contribution in [-0.2, 0) is 16.0 Å². The summed E-state index contributed by atoms with van der Waals surface area (Å²) < 4.78 is 10.5. The van der Waals surface area contributed by atoms with Gasteiger partial charge in [-0.1, -0.05) is 6.07 Å². The van der Waals surface area contributed by atoms with E-state index in [4.69, 9.17) is 19.7 Å². The Morgan fingerprint density at radius 3 is 2.48 bits per heavy atom. The quantitative estimate of drug-likeness (QED) is 0.366. The van der Waals surface area contributed by atoms with Gasteiger partial charge in [0.15, 0.2) is 0 Å². The lowest BCUT2D eigenvalue weighted by molar-refractivity contribution is -0.277. The van der Waals surface area contributed by atoms with Crippen LogP contribution in [0.4, 0.5) is 0 Å². The van der Waals surface area contributed by atoms with E-state index in [1.54, 1.807) is 0 Å². The van der Waals surface area contributed by atoms with E-state index in [0.717, 1.165) is 6.07 Å². The van der Waals surface area contributed by atoms with E-state index in [0.29, 0.717) is 0 Å². The third-order valence-corrected chi connectivity index (χ3v) is 3.48. The summed E-state index contributed by atoms with van der Waals surface area (Å²) in [5, 5.41) is 56.8. The first-order chi connectivity index (χ1) is 10.8. The molecule has 1 heterocycles. The highest BCUT2D eigenvalue weighted by molar-refractivity contribution is 5.71. The van der Waals surface area contributed by atoms with Crippen LogP contribution < -0.4 is 4.74 Å². The molecule has 0 radical (unpaired) electrons. The highest BCUT2D eigenvalue weighted by atomic mass is 16.7. The molecule has 0 spiro atoms. The second-order valence-electron chi connectivity index (χ2n) is 5.18. The number of aliphatic hydroxyl groups is 4. The predicted molar refractivity (Wildman–Crippen MR) is 73.8 cm³/mol. The van der Waals surface area contributed by atoms with Gasteiger partial charge in [0.25, 0.3) is 0 Å². The number of rotatable bonds is 5. The molecule has 23 heavy (non-hydrogen) atoms. The minimum absolute atomic E-state index is 0.0586. The van der Waals surface area contributed by atoms with Crippen LogP contribution in [0.15, 0.2) is 18.2 Å².